The van der Waals surface area contributed by atoms with E-state index in [1.165, 1.54) is 6.07 Å². The first kappa shape index (κ1) is 17.3. The van der Waals surface area contributed by atoms with Gasteiger partial charge in [0.05, 0.1) is 32.7 Å². The number of carbonyl (C=O) groups is 1. The summed E-state index contributed by atoms with van der Waals surface area (Å²) < 4.78 is 17.4. The van der Waals surface area contributed by atoms with Gasteiger partial charge in [0.15, 0.2) is 5.69 Å². The van der Waals surface area contributed by atoms with Gasteiger partial charge < -0.3 is 19.3 Å². The van der Waals surface area contributed by atoms with Crippen LogP contribution < -0.4 is 14.2 Å². The van der Waals surface area contributed by atoms with E-state index in [2.05, 4.69) is 5.10 Å². The van der Waals surface area contributed by atoms with Crippen LogP contribution in [0.2, 0.25) is 0 Å². The van der Waals surface area contributed by atoms with Gasteiger partial charge in [0.25, 0.3) is 0 Å². The summed E-state index contributed by atoms with van der Waals surface area (Å²) >= 11 is 0. The molecule has 7 heteroatoms. The third-order valence-corrected chi connectivity index (χ3v) is 3.93. The van der Waals surface area contributed by atoms with Crippen LogP contribution in [-0.2, 0) is 0 Å². The molecule has 26 heavy (non-hydrogen) atoms. The molecular formula is C19H18N2O5. The SMILES string of the molecule is COc1ccc(-n2nc(C(=O)O)cc2-c2cc(OC)ccc2OC)cc1. The molecule has 0 radical (unpaired) electrons. The summed E-state index contributed by atoms with van der Waals surface area (Å²) in [5.74, 6) is 0.790. The minimum Gasteiger partial charge on any atom is -0.497 e. The zero-order chi connectivity index (χ0) is 18.7. The van der Waals surface area contributed by atoms with Crippen LogP contribution in [0.4, 0.5) is 0 Å². The van der Waals surface area contributed by atoms with Crippen LogP contribution in [0.15, 0.2) is 48.5 Å². The minimum atomic E-state index is -1.11. The second-order valence-corrected chi connectivity index (χ2v) is 5.40. The topological polar surface area (TPSA) is 82.8 Å². The molecule has 0 aliphatic carbocycles. The molecule has 0 saturated heterocycles. The summed E-state index contributed by atoms with van der Waals surface area (Å²) in [6.45, 7) is 0. The zero-order valence-electron chi connectivity index (χ0n) is 14.6. The third-order valence-electron chi connectivity index (χ3n) is 3.93. The molecule has 3 rings (SSSR count). The number of hydrogen-bond donors (Lipinski definition) is 1. The lowest BCUT2D eigenvalue weighted by atomic mass is 10.1. The van der Waals surface area contributed by atoms with Gasteiger partial charge in [0, 0.05) is 5.56 Å². The maximum atomic E-state index is 11.5. The first-order valence-corrected chi connectivity index (χ1v) is 7.77. The molecule has 2 aromatic carbocycles. The van der Waals surface area contributed by atoms with Crippen molar-refractivity contribution < 1.29 is 24.1 Å². The smallest absolute Gasteiger partial charge is 0.356 e. The quantitative estimate of drug-likeness (QED) is 0.732. The van der Waals surface area contributed by atoms with Crippen LogP contribution >= 0.6 is 0 Å². The van der Waals surface area contributed by atoms with E-state index in [9.17, 15) is 9.90 Å². The lowest BCUT2D eigenvalue weighted by Crippen LogP contribution is -2.03. The first-order chi connectivity index (χ1) is 12.6. The highest BCUT2D eigenvalue weighted by Crippen LogP contribution is 2.35. The van der Waals surface area contributed by atoms with E-state index in [0.717, 1.165) is 0 Å². The van der Waals surface area contributed by atoms with Crippen LogP contribution in [0.3, 0.4) is 0 Å². The number of benzene rings is 2. The Bertz CT molecular complexity index is 932. The number of carboxylic acids is 1. The van der Waals surface area contributed by atoms with Crippen LogP contribution in [-0.4, -0.2) is 42.2 Å². The monoisotopic (exact) mass is 354 g/mol. The second-order valence-electron chi connectivity index (χ2n) is 5.40. The molecule has 1 N–H and O–H groups in total. The Balaban J connectivity index is 2.22. The normalized spacial score (nSPS) is 10.4. The molecule has 0 atom stereocenters. The lowest BCUT2D eigenvalue weighted by molar-refractivity contribution is 0.0690. The molecule has 1 heterocycles. The van der Waals surface area contributed by atoms with Crippen molar-refractivity contribution in [3.8, 4) is 34.2 Å². The van der Waals surface area contributed by atoms with Crippen molar-refractivity contribution in [1.82, 2.24) is 9.78 Å². The number of hydrogen-bond acceptors (Lipinski definition) is 5. The van der Waals surface area contributed by atoms with Crippen molar-refractivity contribution in [3.63, 3.8) is 0 Å². The van der Waals surface area contributed by atoms with Crippen LogP contribution in [0, 0.1) is 0 Å². The maximum absolute atomic E-state index is 11.5. The number of aromatic nitrogens is 2. The number of methoxy groups -OCH3 is 3. The molecular weight excluding hydrogens is 336 g/mol. The summed E-state index contributed by atoms with van der Waals surface area (Å²) in [6, 6.07) is 14.0. The van der Waals surface area contributed by atoms with Gasteiger partial charge in [-0.25, -0.2) is 9.48 Å². The van der Waals surface area contributed by atoms with Gasteiger partial charge in [-0.2, -0.15) is 5.10 Å². The van der Waals surface area contributed by atoms with Gasteiger partial charge in [-0.3, -0.25) is 0 Å². The Morgan fingerprint density at radius 3 is 2.15 bits per heavy atom. The predicted molar refractivity (Wildman–Crippen MR) is 95.6 cm³/mol. The number of carboxylic acid groups (broad SMARTS) is 1. The van der Waals surface area contributed by atoms with Crippen molar-refractivity contribution in [2.45, 2.75) is 0 Å². The number of aromatic carboxylic acids is 1. The first-order valence-electron chi connectivity index (χ1n) is 7.77. The Kier molecular flexibility index (Phi) is 4.79. The summed E-state index contributed by atoms with van der Waals surface area (Å²) in [6.07, 6.45) is 0. The molecule has 134 valence electrons. The van der Waals surface area contributed by atoms with Crippen LogP contribution in [0.5, 0.6) is 17.2 Å². The summed E-state index contributed by atoms with van der Waals surface area (Å²) in [5.41, 5.74) is 1.87. The Labute approximate surface area is 150 Å². The second kappa shape index (κ2) is 7.18. The molecule has 1 aromatic heterocycles. The zero-order valence-corrected chi connectivity index (χ0v) is 14.6. The molecule has 7 nitrogen and oxygen atoms in total. The fraction of sp³-hybridized carbons (Fsp3) is 0.158. The molecule has 0 fully saturated rings. The fourth-order valence-electron chi connectivity index (χ4n) is 2.61. The standard InChI is InChI=1S/C19H18N2O5/c1-24-13-6-4-12(5-7-13)21-17(11-16(20-21)19(22)23)15-10-14(25-2)8-9-18(15)26-3/h4-11H,1-3H3,(H,22,23). The maximum Gasteiger partial charge on any atom is 0.356 e. The summed E-state index contributed by atoms with van der Waals surface area (Å²) in [7, 11) is 4.70. The highest BCUT2D eigenvalue weighted by atomic mass is 16.5. The Morgan fingerprint density at radius 1 is 0.923 bits per heavy atom. The van der Waals surface area contributed by atoms with Gasteiger partial charge in [-0.15, -0.1) is 0 Å². The highest BCUT2D eigenvalue weighted by Gasteiger charge is 2.19. The average molecular weight is 354 g/mol. The van der Waals surface area contributed by atoms with Crippen LogP contribution in [0.1, 0.15) is 10.5 Å². The van der Waals surface area contributed by atoms with E-state index in [0.29, 0.717) is 34.2 Å². The summed E-state index contributed by atoms with van der Waals surface area (Å²) in [4.78, 5) is 11.5. The molecule has 0 aliphatic rings. The van der Waals surface area contributed by atoms with Gasteiger partial charge in [-0.05, 0) is 48.5 Å². The largest absolute Gasteiger partial charge is 0.497 e. The molecule has 0 saturated carbocycles. The Morgan fingerprint density at radius 2 is 1.58 bits per heavy atom. The van der Waals surface area contributed by atoms with Crippen molar-refractivity contribution >= 4 is 5.97 Å². The molecule has 0 bridgehead atoms. The Hall–Kier alpha value is -3.48. The van der Waals surface area contributed by atoms with Crippen molar-refractivity contribution in [2.75, 3.05) is 21.3 Å². The van der Waals surface area contributed by atoms with E-state index in [-0.39, 0.29) is 5.69 Å². The van der Waals surface area contributed by atoms with Crippen molar-refractivity contribution in [2.24, 2.45) is 0 Å². The number of ether oxygens (including phenoxy) is 3. The molecule has 0 spiro atoms. The third kappa shape index (κ3) is 3.19. The number of rotatable bonds is 6. The highest BCUT2D eigenvalue weighted by molar-refractivity contribution is 5.88. The van der Waals surface area contributed by atoms with Gasteiger partial charge in [0.1, 0.15) is 17.2 Å². The molecule has 0 aliphatic heterocycles. The van der Waals surface area contributed by atoms with Crippen LogP contribution in [0.25, 0.3) is 16.9 Å². The van der Waals surface area contributed by atoms with E-state index in [1.807, 2.05) is 0 Å². The average Bonchev–Trinajstić information content (AvgIpc) is 3.13. The lowest BCUT2D eigenvalue weighted by Gasteiger charge is -2.13. The van der Waals surface area contributed by atoms with Crippen molar-refractivity contribution in [3.05, 3.63) is 54.2 Å². The molecule has 3 aromatic rings. The van der Waals surface area contributed by atoms with E-state index < -0.39 is 5.97 Å². The molecule has 0 unspecified atom stereocenters. The van der Waals surface area contributed by atoms with Gasteiger partial charge in [-0.1, -0.05) is 0 Å². The van der Waals surface area contributed by atoms with E-state index >= 15 is 0 Å². The fourth-order valence-corrected chi connectivity index (χ4v) is 2.61. The van der Waals surface area contributed by atoms with E-state index in [4.69, 9.17) is 14.2 Å². The number of nitrogens with zero attached hydrogens (tertiary/aromatic N) is 2. The van der Waals surface area contributed by atoms with Gasteiger partial charge >= 0.3 is 5.97 Å². The predicted octanol–water partition coefficient (Wildman–Crippen LogP) is 3.26. The minimum absolute atomic E-state index is 0.0688. The van der Waals surface area contributed by atoms with Gasteiger partial charge in [0.2, 0.25) is 0 Å². The molecule has 0 amide bonds. The van der Waals surface area contributed by atoms with Crippen molar-refractivity contribution in [1.29, 1.82) is 0 Å². The summed E-state index contributed by atoms with van der Waals surface area (Å²) in [5, 5.41) is 13.6. The van der Waals surface area contributed by atoms with E-state index in [1.54, 1.807) is 68.5 Å².